The largest absolute Gasteiger partial charge is 0.398 e. The topological polar surface area (TPSA) is 67.2 Å². The van der Waals surface area contributed by atoms with Crippen LogP contribution >= 0.6 is 0 Å². The number of carbonyl (C=O) groups is 1. The molecule has 1 fully saturated rings. The van der Waals surface area contributed by atoms with Crippen LogP contribution in [0.3, 0.4) is 0 Å². The molecule has 0 heterocycles. The lowest BCUT2D eigenvalue weighted by molar-refractivity contribution is 0.240. The maximum atomic E-state index is 11.7. The van der Waals surface area contributed by atoms with Crippen molar-refractivity contribution in [1.29, 1.82) is 0 Å². The maximum Gasteiger partial charge on any atom is 0.319 e. The molecule has 4 heteroatoms. The zero-order chi connectivity index (χ0) is 12.4. The summed E-state index contributed by atoms with van der Waals surface area (Å²) in [6.45, 7) is 3.92. The highest BCUT2D eigenvalue weighted by atomic mass is 16.2. The Balaban J connectivity index is 2.02. The van der Waals surface area contributed by atoms with Gasteiger partial charge >= 0.3 is 6.03 Å². The summed E-state index contributed by atoms with van der Waals surface area (Å²) in [7, 11) is 0. The molecule has 0 unspecified atom stereocenters. The zero-order valence-electron chi connectivity index (χ0n) is 10.3. The van der Waals surface area contributed by atoms with Crippen LogP contribution in [-0.4, -0.2) is 12.1 Å². The van der Waals surface area contributed by atoms with Gasteiger partial charge in [0.25, 0.3) is 0 Å². The molecular formula is C13H19N3O. The highest BCUT2D eigenvalue weighted by Gasteiger charge is 2.19. The van der Waals surface area contributed by atoms with Crippen LogP contribution in [0.25, 0.3) is 0 Å². The smallest absolute Gasteiger partial charge is 0.319 e. The van der Waals surface area contributed by atoms with E-state index in [1.54, 1.807) is 0 Å². The van der Waals surface area contributed by atoms with Crippen molar-refractivity contribution in [2.45, 2.75) is 39.2 Å². The summed E-state index contributed by atoms with van der Waals surface area (Å²) in [5.41, 5.74) is 9.38. The molecule has 4 nitrogen and oxygen atoms in total. The number of hydrogen-bond donors (Lipinski definition) is 3. The molecule has 2 amide bonds. The van der Waals surface area contributed by atoms with Crippen LogP contribution in [0.2, 0.25) is 0 Å². The number of amides is 2. The van der Waals surface area contributed by atoms with Gasteiger partial charge in [-0.25, -0.2) is 4.79 Å². The predicted molar refractivity (Wildman–Crippen MR) is 70.1 cm³/mol. The fraction of sp³-hybridized carbons (Fsp3) is 0.462. The Morgan fingerprint density at radius 3 is 2.59 bits per heavy atom. The number of nitrogen functional groups attached to an aromatic ring is 1. The summed E-state index contributed by atoms with van der Waals surface area (Å²) in [5.74, 6) is 0. The number of urea groups is 1. The fourth-order valence-electron chi connectivity index (χ4n) is 1.90. The molecule has 0 aromatic heterocycles. The zero-order valence-corrected chi connectivity index (χ0v) is 10.3. The third-order valence-corrected chi connectivity index (χ3v) is 3.30. The first-order valence-electron chi connectivity index (χ1n) is 6.00. The molecule has 0 radical (unpaired) electrons. The van der Waals surface area contributed by atoms with Crippen LogP contribution < -0.4 is 16.4 Å². The molecule has 4 N–H and O–H groups in total. The third-order valence-electron chi connectivity index (χ3n) is 3.30. The molecule has 1 aliphatic carbocycles. The minimum Gasteiger partial charge on any atom is -0.398 e. The molecule has 0 spiro atoms. The number of aryl methyl sites for hydroxylation is 2. The monoisotopic (exact) mass is 233 g/mol. The Morgan fingerprint density at radius 1 is 1.29 bits per heavy atom. The fourth-order valence-corrected chi connectivity index (χ4v) is 1.90. The van der Waals surface area contributed by atoms with E-state index in [2.05, 4.69) is 10.6 Å². The number of rotatable bonds is 2. The Labute approximate surface area is 102 Å². The SMILES string of the molecule is Cc1cc(C)c(NC(=O)NC2CCC2)cc1N. The van der Waals surface area contributed by atoms with Crippen LogP contribution in [0.4, 0.5) is 16.2 Å². The van der Waals surface area contributed by atoms with E-state index in [1.165, 1.54) is 6.42 Å². The van der Waals surface area contributed by atoms with Crippen LogP contribution in [0, 0.1) is 13.8 Å². The average Bonchev–Trinajstić information content (AvgIpc) is 2.20. The highest BCUT2D eigenvalue weighted by molar-refractivity contribution is 5.91. The van der Waals surface area contributed by atoms with Gasteiger partial charge in [0.05, 0.1) is 0 Å². The first-order valence-corrected chi connectivity index (χ1v) is 6.00. The van der Waals surface area contributed by atoms with Gasteiger partial charge in [-0.15, -0.1) is 0 Å². The molecule has 2 rings (SSSR count). The Bertz CT molecular complexity index is 439. The molecule has 1 aliphatic rings. The van der Waals surface area contributed by atoms with Crippen molar-refractivity contribution in [2.75, 3.05) is 11.1 Å². The summed E-state index contributed by atoms with van der Waals surface area (Å²) in [4.78, 5) is 11.7. The standard InChI is InChI=1S/C13H19N3O/c1-8-6-9(2)12(7-11(8)14)16-13(17)15-10-4-3-5-10/h6-7,10H,3-5,14H2,1-2H3,(H2,15,16,17). The van der Waals surface area contributed by atoms with Crippen LogP contribution in [-0.2, 0) is 0 Å². The summed E-state index contributed by atoms with van der Waals surface area (Å²) >= 11 is 0. The lowest BCUT2D eigenvalue weighted by atomic mass is 9.93. The lowest BCUT2D eigenvalue weighted by Crippen LogP contribution is -2.41. The molecule has 17 heavy (non-hydrogen) atoms. The third kappa shape index (κ3) is 2.70. The number of nitrogens with one attached hydrogen (secondary N) is 2. The first kappa shape index (κ1) is 11.8. The van der Waals surface area contributed by atoms with Crippen molar-refractivity contribution >= 4 is 17.4 Å². The van der Waals surface area contributed by atoms with Gasteiger partial charge in [0.1, 0.15) is 0 Å². The second-order valence-electron chi connectivity index (χ2n) is 4.75. The molecule has 0 bridgehead atoms. The van der Waals surface area contributed by atoms with Crippen molar-refractivity contribution in [2.24, 2.45) is 0 Å². The van der Waals surface area contributed by atoms with Crippen molar-refractivity contribution < 1.29 is 4.79 Å². The van der Waals surface area contributed by atoms with Crippen molar-refractivity contribution in [3.63, 3.8) is 0 Å². The Morgan fingerprint density at radius 2 is 2.00 bits per heavy atom. The summed E-state index contributed by atoms with van der Waals surface area (Å²) in [5, 5.41) is 5.78. The molecule has 1 aromatic rings. The van der Waals surface area contributed by atoms with Crippen molar-refractivity contribution in [1.82, 2.24) is 5.32 Å². The molecule has 92 valence electrons. The highest BCUT2D eigenvalue weighted by Crippen LogP contribution is 2.23. The molecular weight excluding hydrogens is 214 g/mol. The minimum absolute atomic E-state index is 0.138. The van der Waals surface area contributed by atoms with Gasteiger partial charge in [0.2, 0.25) is 0 Å². The number of nitrogens with two attached hydrogens (primary N) is 1. The van der Waals surface area contributed by atoms with Gasteiger partial charge in [-0.05, 0) is 50.3 Å². The maximum absolute atomic E-state index is 11.7. The van der Waals surface area contributed by atoms with Crippen molar-refractivity contribution in [3.05, 3.63) is 23.3 Å². The first-order chi connectivity index (χ1) is 8.06. The summed E-state index contributed by atoms with van der Waals surface area (Å²) in [6.07, 6.45) is 3.38. The minimum atomic E-state index is -0.138. The van der Waals surface area contributed by atoms with E-state index in [0.29, 0.717) is 11.7 Å². The Hall–Kier alpha value is -1.71. The van der Waals surface area contributed by atoms with E-state index in [1.807, 2.05) is 26.0 Å². The van der Waals surface area contributed by atoms with E-state index >= 15 is 0 Å². The van der Waals surface area contributed by atoms with Crippen LogP contribution in [0.5, 0.6) is 0 Å². The van der Waals surface area contributed by atoms with E-state index in [-0.39, 0.29) is 6.03 Å². The number of hydrogen-bond acceptors (Lipinski definition) is 2. The molecule has 0 aliphatic heterocycles. The lowest BCUT2D eigenvalue weighted by Gasteiger charge is -2.26. The van der Waals surface area contributed by atoms with E-state index in [9.17, 15) is 4.79 Å². The molecule has 0 saturated heterocycles. The van der Waals surface area contributed by atoms with Gasteiger partial charge in [-0.1, -0.05) is 6.07 Å². The van der Waals surface area contributed by atoms with Gasteiger partial charge in [-0.3, -0.25) is 0 Å². The quantitative estimate of drug-likeness (QED) is 0.687. The van der Waals surface area contributed by atoms with E-state index < -0.39 is 0 Å². The van der Waals surface area contributed by atoms with Crippen LogP contribution in [0.1, 0.15) is 30.4 Å². The van der Waals surface area contributed by atoms with Gasteiger partial charge in [-0.2, -0.15) is 0 Å². The Kier molecular flexibility index (Phi) is 3.22. The second kappa shape index (κ2) is 4.65. The van der Waals surface area contributed by atoms with Crippen molar-refractivity contribution in [3.8, 4) is 0 Å². The molecule has 1 aromatic carbocycles. The summed E-state index contributed by atoms with van der Waals surface area (Å²) in [6, 6.07) is 4.00. The molecule has 0 atom stereocenters. The number of carbonyl (C=O) groups excluding carboxylic acids is 1. The van der Waals surface area contributed by atoms with Crippen LogP contribution in [0.15, 0.2) is 12.1 Å². The van der Waals surface area contributed by atoms with Gasteiger partial charge in [0, 0.05) is 17.4 Å². The number of anilines is 2. The summed E-state index contributed by atoms with van der Waals surface area (Å²) < 4.78 is 0. The predicted octanol–water partition coefficient (Wildman–Crippen LogP) is 2.56. The van der Waals surface area contributed by atoms with E-state index in [4.69, 9.17) is 5.73 Å². The van der Waals surface area contributed by atoms with Gasteiger partial charge in [0.15, 0.2) is 0 Å². The number of benzene rings is 1. The van der Waals surface area contributed by atoms with E-state index in [0.717, 1.165) is 29.7 Å². The van der Waals surface area contributed by atoms with Gasteiger partial charge < -0.3 is 16.4 Å². The second-order valence-corrected chi connectivity index (χ2v) is 4.75. The average molecular weight is 233 g/mol. The normalized spacial score (nSPS) is 15.2. The molecule has 1 saturated carbocycles.